The van der Waals surface area contributed by atoms with Gasteiger partial charge in [-0.3, -0.25) is 0 Å². The third-order valence-electron chi connectivity index (χ3n) is 3.20. The molecule has 0 radical (unpaired) electrons. The molecule has 100 valence electrons. The number of aromatic carboxylic acids is 1. The van der Waals surface area contributed by atoms with E-state index in [4.69, 9.17) is 0 Å². The maximum Gasteiger partial charge on any atom is 0.338 e. The van der Waals surface area contributed by atoms with Crippen LogP contribution in [-0.4, -0.2) is 11.1 Å². The molecule has 2 aromatic carbocycles. The number of carbonyl (C=O) groups is 1. The Morgan fingerprint density at radius 3 is 2.80 bits per heavy atom. The van der Waals surface area contributed by atoms with Crippen molar-refractivity contribution in [3.8, 4) is 0 Å². The summed E-state index contributed by atoms with van der Waals surface area (Å²) in [7, 11) is 0. The van der Waals surface area contributed by atoms with E-state index in [1.54, 1.807) is 17.8 Å². The Kier molecular flexibility index (Phi) is 3.24. The van der Waals surface area contributed by atoms with Gasteiger partial charge in [-0.25, -0.2) is 4.79 Å². The molecule has 0 aliphatic carbocycles. The summed E-state index contributed by atoms with van der Waals surface area (Å²) in [6, 6.07) is 11.7. The normalized spacial score (nSPS) is 12.0. The number of nitrogens with one attached hydrogen (secondary N) is 1. The van der Waals surface area contributed by atoms with E-state index < -0.39 is 5.97 Å². The van der Waals surface area contributed by atoms with Crippen LogP contribution < -0.4 is 5.32 Å². The van der Waals surface area contributed by atoms with Crippen molar-refractivity contribution in [1.29, 1.82) is 0 Å². The second-order valence-corrected chi connectivity index (χ2v) is 5.58. The molecule has 0 spiro atoms. The Labute approximate surface area is 121 Å². The Morgan fingerprint density at radius 1 is 1.25 bits per heavy atom. The van der Waals surface area contributed by atoms with Gasteiger partial charge in [0.15, 0.2) is 0 Å². The third kappa shape index (κ3) is 2.08. The van der Waals surface area contributed by atoms with Crippen LogP contribution in [-0.2, 0) is 6.42 Å². The van der Waals surface area contributed by atoms with E-state index in [2.05, 4.69) is 11.9 Å². The predicted octanol–water partition coefficient (Wildman–Crippen LogP) is 4.32. The first-order valence-electron chi connectivity index (χ1n) is 6.24. The van der Waals surface area contributed by atoms with E-state index in [0.717, 1.165) is 21.0 Å². The minimum atomic E-state index is -0.911. The van der Waals surface area contributed by atoms with E-state index in [-0.39, 0.29) is 0 Å². The van der Waals surface area contributed by atoms with Crippen LogP contribution in [0.1, 0.15) is 15.9 Å². The van der Waals surface area contributed by atoms with Crippen molar-refractivity contribution in [2.75, 3.05) is 5.32 Å². The second kappa shape index (κ2) is 5.06. The first kappa shape index (κ1) is 12.8. The Hall–Kier alpha value is -2.20. The molecule has 1 aliphatic rings. The van der Waals surface area contributed by atoms with Crippen LogP contribution in [0.15, 0.2) is 58.8 Å². The largest absolute Gasteiger partial charge is 0.478 e. The standard InChI is InChI=1S/C16H13NO2S/c1-2-5-10-8-9-13-15(14(10)16(18)19)17-11-6-3-4-7-12(11)20-13/h2-4,6-9,17H,1,5H2,(H,18,19). The number of hydrogen-bond donors (Lipinski definition) is 2. The first-order chi connectivity index (χ1) is 9.70. The van der Waals surface area contributed by atoms with E-state index >= 15 is 0 Å². The minimum absolute atomic E-state index is 0.337. The number of benzene rings is 2. The number of fused-ring (bicyclic) bond motifs is 2. The fourth-order valence-electron chi connectivity index (χ4n) is 2.32. The molecule has 4 heteroatoms. The van der Waals surface area contributed by atoms with Gasteiger partial charge in [-0.05, 0) is 30.2 Å². The zero-order chi connectivity index (χ0) is 14.1. The molecule has 0 fully saturated rings. The van der Waals surface area contributed by atoms with E-state index in [0.29, 0.717) is 17.7 Å². The van der Waals surface area contributed by atoms with Crippen molar-refractivity contribution in [3.05, 3.63) is 60.2 Å². The second-order valence-electron chi connectivity index (χ2n) is 4.49. The lowest BCUT2D eigenvalue weighted by atomic mass is 10.0. The van der Waals surface area contributed by atoms with Crippen molar-refractivity contribution >= 4 is 29.1 Å². The van der Waals surface area contributed by atoms with Crippen LogP contribution in [0.4, 0.5) is 11.4 Å². The molecule has 3 nitrogen and oxygen atoms in total. The molecular weight excluding hydrogens is 270 g/mol. The molecule has 20 heavy (non-hydrogen) atoms. The lowest BCUT2D eigenvalue weighted by molar-refractivity contribution is 0.0697. The van der Waals surface area contributed by atoms with Crippen molar-refractivity contribution in [3.63, 3.8) is 0 Å². The summed E-state index contributed by atoms with van der Waals surface area (Å²) in [6.45, 7) is 3.69. The van der Waals surface area contributed by atoms with Crippen LogP contribution in [0.2, 0.25) is 0 Å². The van der Waals surface area contributed by atoms with Crippen molar-refractivity contribution in [2.24, 2.45) is 0 Å². The zero-order valence-electron chi connectivity index (χ0n) is 10.7. The van der Waals surface area contributed by atoms with Gasteiger partial charge in [0.2, 0.25) is 0 Å². The highest BCUT2D eigenvalue weighted by Gasteiger charge is 2.23. The number of rotatable bonds is 3. The Balaban J connectivity index is 2.16. The summed E-state index contributed by atoms with van der Waals surface area (Å²) in [5, 5.41) is 12.8. The maximum atomic E-state index is 11.6. The van der Waals surface area contributed by atoms with E-state index in [1.807, 2.05) is 36.4 Å². The molecule has 0 bridgehead atoms. The molecule has 1 heterocycles. The third-order valence-corrected chi connectivity index (χ3v) is 4.33. The number of anilines is 2. The lowest BCUT2D eigenvalue weighted by Crippen LogP contribution is -2.10. The summed E-state index contributed by atoms with van der Waals surface area (Å²) in [5.41, 5.74) is 2.74. The highest BCUT2D eigenvalue weighted by Crippen LogP contribution is 2.46. The fourth-order valence-corrected chi connectivity index (χ4v) is 3.32. The van der Waals surface area contributed by atoms with Crippen molar-refractivity contribution < 1.29 is 9.90 Å². The summed E-state index contributed by atoms with van der Waals surface area (Å²) in [4.78, 5) is 13.6. The quantitative estimate of drug-likeness (QED) is 0.703. The van der Waals surface area contributed by atoms with Crippen LogP contribution >= 0.6 is 11.8 Å². The van der Waals surface area contributed by atoms with Gasteiger partial charge in [0.25, 0.3) is 0 Å². The smallest absolute Gasteiger partial charge is 0.338 e. The summed E-state index contributed by atoms with van der Waals surface area (Å²) in [5.74, 6) is -0.911. The number of hydrogen-bond acceptors (Lipinski definition) is 3. The monoisotopic (exact) mass is 283 g/mol. The van der Waals surface area contributed by atoms with Gasteiger partial charge in [0, 0.05) is 9.79 Å². The SMILES string of the molecule is C=CCc1ccc2c(c1C(=O)O)Nc1ccccc1S2. The molecule has 2 N–H and O–H groups in total. The Morgan fingerprint density at radius 2 is 2.05 bits per heavy atom. The average Bonchev–Trinajstić information content (AvgIpc) is 2.45. The van der Waals surface area contributed by atoms with Crippen LogP contribution in [0, 0.1) is 0 Å². The molecule has 0 atom stereocenters. The zero-order valence-corrected chi connectivity index (χ0v) is 11.5. The molecule has 0 unspecified atom stereocenters. The number of para-hydroxylation sites is 1. The molecule has 3 rings (SSSR count). The highest BCUT2D eigenvalue weighted by atomic mass is 32.2. The average molecular weight is 283 g/mol. The van der Waals surface area contributed by atoms with Gasteiger partial charge in [-0.2, -0.15) is 0 Å². The predicted molar refractivity (Wildman–Crippen MR) is 81.2 cm³/mol. The summed E-state index contributed by atoms with van der Waals surface area (Å²) in [6.07, 6.45) is 2.26. The first-order valence-corrected chi connectivity index (χ1v) is 7.06. The van der Waals surface area contributed by atoms with Crippen LogP contribution in [0.5, 0.6) is 0 Å². The fraction of sp³-hybridized carbons (Fsp3) is 0.0625. The molecular formula is C16H13NO2S. The molecule has 0 saturated carbocycles. The van der Waals surface area contributed by atoms with Gasteiger partial charge >= 0.3 is 5.97 Å². The van der Waals surface area contributed by atoms with Gasteiger partial charge in [-0.15, -0.1) is 6.58 Å². The summed E-state index contributed by atoms with van der Waals surface area (Å²) >= 11 is 1.59. The number of carboxylic acid groups (broad SMARTS) is 1. The molecule has 0 amide bonds. The van der Waals surface area contributed by atoms with Gasteiger partial charge in [-0.1, -0.05) is 36.0 Å². The minimum Gasteiger partial charge on any atom is -0.478 e. The van der Waals surface area contributed by atoms with Gasteiger partial charge in [0.05, 0.1) is 16.9 Å². The highest BCUT2D eigenvalue weighted by molar-refractivity contribution is 7.99. The van der Waals surface area contributed by atoms with E-state index in [9.17, 15) is 9.90 Å². The molecule has 2 aromatic rings. The Bertz CT molecular complexity index is 710. The van der Waals surface area contributed by atoms with E-state index in [1.165, 1.54) is 0 Å². The van der Waals surface area contributed by atoms with Gasteiger partial charge < -0.3 is 10.4 Å². The lowest BCUT2D eigenvalue weighted by Gasteiger charge is -2.23. The van der Waals surface area contributed by atoms with Crippen LogP contribution in [0.25, 0.3) is 0 Å². The summed E-state index contributed by atoms with van der Waals surface area (Å²) < 4.78 is 0. The number of carboxylic acids is 1. The maximum absolute atomic E-state index is 11.6. The molecule has 0 saturated heterocycles. The molecule has 0 aromatic heterocycles. The molecule has 1 aliphatic heterocycles. The number of allylic oxidation sites excluding steroid dienone is 1. The topological polar surface area (TPSA) is 49.3 Å². The van der Waals surface area contributed by atoms with Crippen molar-refractivity contribution in [2.45, 2.75) is 16.2 Å². The van der Waals surface area contributed by atoms with Crippen LogP contribution in [0.3, 0.4) is 0 Å². The van der Waals surface area contributed by atoms with Crippen molar-refractivity contribution in [1.82, 2.24) is 0 Å². The van der Waals surface area contributed by atoms with Gasteiger partial charge in [0.1, 0.15) is 0 Å².